The van der Waals surface area contributed by atoms with Crippen LogP contribution in [0.2, 0.25) is 0 Å². The molecule has 0 aliphatic carbocycles. The number of carbonyl (C=O) groups is 3. The van der Waals surface area contributed by atoms with Crippen molar-refractivity contribution in [3.05, 3.63) is 71.8 Å². The van der Waals surface area contributed by atoms with Crippen LogP contribution in [0.1, 0.15) is 31.4 Å². The smallest absolute Gasteiger partial charge is 0.256 e. The van der Waals surface area contributed by atoms with E-state index >= 15 is 0 Å². The molecule has 8 nitrogen and oxygen atoms in total. The lowest BCUT2D eigenvalue weighted by Crippen LogP contribution is -2.58. The van der Waals surface area contributed by atoms with Crippen molar-refractivity contribution in [2.24, 2.45) is 27.6 Å². The van der Waals surface area contributed by atoms with Gasteiger partial charge < -0.3 is 15.4 Å². The Morgan fingerprint density at radius 3 is 2.31 bits per heavy atom. The largest absolute Gasteiger partial charge is 0.376 e. The maximum atomic E-state index is 13.9. The fourth-order valence-electron chi connectivity index (χ4n) is 5.06. The fraction of sp³-hybridized carbons (Fsp3) is 0.429. The van der Waals surface area contributed by atoms with Gasteiger partial charge in [0.1, 0.15) is 5.41 Å². The van der Waals surface area contributed by atoms with E-state index in [0.717, 1.165) is 16.8 Å². The number of nitrogens with zero attached hydrogens (tertiary/aromatic N) is 3. The van der Waals surface area contributed by atoms with Crippen LogP contribution >= 0.6 is 0 Å². The van der Waals surface area contributed by atoms with Crippen molar-refractivity contribution in [1.29, 1.82) is 0 Å². The van der Waals surface area contributed by atoms with Gasteiger partial charge in [-0.1, -0.05) is 74.5 Å². The highest BCUT2D eigenvalue weighted by Crippen LogP contribution is 2.39. The molecule has 2 aromatic rings. The highest BCUT2D eigenvalue weighted by molar-refractivity contribution is 6.13. The number of hydrazone groups is 1. The minimum atomic E-state index is -1.13. The summed E-state index contributed by atoms with van der Waals surface area (Å²) in [6.07, 6.45) is 0.942. The second kappa shape index (κ2) is 10.2. The fourth-order valence-corrected chi connectivity index (χ4v) is 5.06. The van der Waals surface area contributed by atoms with E-state index in [1.807, 2.05) is 60.7 Å². The maximum Gasteiger partial charge on any atom is 0.256 e. The zero-order chi connectivity index (χ0) is 25.9. The molecule has 0 aromatic heterocycles. The predicted octanol–water partition coefficient (Wildman–Crippen LogP) is 2.62. The average molecular weight is 491 g/mol. The molecule has 0 spiro atoms. The number of hydrogen-bond acceptors (Lipinski definition) is 5. The van der Waals surface area contributed by atoms with Crippen LogP contribution in [0.25, 0.3) is 0 Å². The van der Waals surface area contributed by atoms with Crippen LogP contribution in [-0.4, -0.2) is 60.1 Å². The number of fused-ring (bicyclic) bond motifs is 1. The quantitative estimate of drug-likeness (QED) is 0.583. The number of benzene rings is 2. The third-order valence-corrected chi connectivity index (χ3v) is 7.47. The van der Waals surface area contributed by atoms with Gasteiger partial charge in [-0.05, 0) is 17.5 Å². The first-order valence-electron chi connectivity index (χ1n) is 12.3. The summed E-state index contributed by atoms with van der Waals surface area (Å²) in [4.78, 5) is 41.4. The number of ether oxygens (including phenoxy) is 1. The van der Waals surface area contributed by atoms with Crippen LogP contribution in [0.4, 0.5) is 0 Å². The summed E-state index contributed by atoms with van der Waals surface area (Å²) in [6, 6.07) is 19.4. The van der Waals surface area contributed by atoms with E-state index < -0.39 is 22.7 Å². The Labute approximate surface area is 212 Å². The van der Waals surface area contributed by atoms with Gasteiger partial charge in [0.05, 0.1) is 30.3 Å². The molecule has 0 saturated carbocycles. The maximum absolute atomic E-state index is 13.9. The highest BCUT2D eigenvalue weighted by Gasteiger charge is 2.54. The Morgan fingerprint density at radius 1 is 1.08 bits per heavy atom. The Kier molecular flexibility index (Phi) is 7.26. The zero-order valence-corrected chi connectivity index (χ0v) is 21.1. The van der Waals surface area contributed by atoms with E-state index in [1.165, 1.54) is 5.01 Å². The molecule has 1 saturated heterocycles. The summed E-state index contributed by atoms with van der Waals surface area (Å²) >= 11 is 0. The van der Waals surface area contributed by atoms with Crippen LogP contribution in [0, 0.1) is 16.7 Å². The summed E-state index contributed by atoms with van der Waals surface area (Å²) in [5.41, 5.74) is 6.45. The standard InChI is InChI=1S/C28H34N4O4/c1-27(2,25(29)34)22(18-36-17-21-12-8-5-9-13-21)24(33)32-15-14-23-28(19-32,26(35)31(3)30-23)16-20-10-6-4-7-11-20/h4-13,22H,14-19H2,1-3H3,(H2,29,34)/t22-,28+/m1/s1. The third-order valence-electron chi connectivity index (χ3n) is 7.47. The summed E-state index contributed by atoms with van der Waals surface area (Å²) < 4.78 is 5.92. The molecule has 2 heterocycles. The normalized spacial score (nSPS) is 20.6. The van der Waals surface area contributed by atoms with Crippen molar-refractivity contribution in [3.8, 4) is 0 Å². The summed E-state index contributed by atoms with van der Waals surface area (Å²) in [5.74, 6) is -1.72. The monoisotopic (exact) mass is 490 g/mol. The van der Waals surface area contributed by atoms with Crippen LogP contribution < -0.4 is 5.73 Å². The van der Waals surface area contributed by atoms with Crippen molar-refractivity contribution in [1.82, 2.24) is 9.91 Å². The SMILES string of the molecule is CN1N=C2CCN(C(=O)[C@@H](COCc3ccccc3)C(C)(C)C(N)=O)C[C@]2(Cc2ccccc2)C1=O. The minimum absolute atomic E-state index is 0.0423. The lowest BCUT2D eigenvalue weighted by molar-refractivity contribution is -0.151. The number of rotatable bonds is 9. The number of primary amides is 1. The Balaban J connectivity index is 1.58. The van der Waals surface area contributed by atoms with Gasteiger partial charge in [0.15, 0.2) is 0 Å². The van der Waals surface area contributed by atoms with E-state index in [0.29, 0.717) is 26.0 Å². The van der Waals surface area contributed by atoms with Crippen LogP contribution in [0.5, 0.6) is 0 Å². The molecule has 2 N–H and O–H groups in total. The topological polar surface area (TPSA) is 105 Å². The van der Waals surface area contributed by atoms with Gasteiger partial charge in [-0.25, -0.2) is 5.01 Å². The van der Waals surface area contributed by atoms with Crippen LogP contribution in [0.3, 0.4) is 0 Å². The third kappa shape index (κ3) is 4.91. The minimum Gasteiger partial charge on any atom is -0.376 e. The number of amides is 3. The van der Waals surface area contributed by atoms with Crippen molar-refractivity contribution in [2.75, 3.05) is 26.7 Å². The van der Waals surface area contributed by atoms with Gasteiger partial charge >= 0.3 is 0 Å². The molecule has 8 heteroatoms. The molecule has 0 radical (unpaired) electrons. The van der Waals surface area contributed by atoms with Gasteiger partial charge in [-0.2, -0.15) is 5.10 Å². The first kappa shape index (κ1) is 25.6. The van der Waals surface area contributed by atoms with Gasteiger partial charge in [0, 0.05) is 26.6 Å². The molecule has 2 aliphatic rings. The van der Waals surface area contributed by atoms with Crippen molar-refractivity contribution in [2.45, 2.75) is 33.3 Å². The summed E-state index contributed by atoms with van der Waals surface area (Å²) in [5, 5.41) is 5.91. The number of piperidine rings is 1. The first-order valence-corrected chi connectivity index (χ1v) is 12.3. The zero-order valence-electron chi connectivity index (χ0n) is 21.1. The molecule has 190 valence electrons. The lowest BCUT2D eigenvalue weighted by Gasteiger charge is -2.42. The molecule has 0 bridgehead atoms. The number of carbonyl (C=O) groups excluding carboxylic acids is 3. The molecular weight excluding hydrogens is 456 g/mol. The number of nitrogens with two attached hydrogens (primary N) is 1. The summed E-state index contributed by atoms with van der Waals surface area (Å²) in [6.45, 7) is 4.33. The second-order valence-corrected chi connectivity index (χ2v) is 10.3. The van der Waals surface area contributed by atoms with E-state index in [1.54, 1.807) is 25.8 Å². The average Bonchev–Trinajstić information content (AvgIpc) is 3.11. The molecule has 3 amide bonds. The van der Waals surface area contributed by atoms with E-state index in [2.05, 4.69) is 5.10 Å². The lowest BCUT2D eigenvalue weighted by atomic mass is 9.72. The van der Waals surface area contributed by atoms with E-state index in [-0.39, 0.29) is 25.0 Å². The van der Waals surface area contributed by atoms with Gasteiger partial charge in [-0.15, -0.1) is 0 Å². The summed E-state index contributed by atoms with van der Waals surface area (Å²) in [7, 11) is 1.66. The molecule has 2 aliphatic heterocycles. The molecule has 4 rings (SSSR count). The molecule has 2 atom stereocenters. The van der Waals surface area contributed by atoms with Crippen LogP contribution in [0.15, 0.2) is 65.8 Å². The second-order valence-electron chi connectivity index (χ2n) is 10.3. The van der Waals surface area contributed by atoms with E-state index in [9.17, 15) is 14.4 Å². The van der Waals surface area contributed by atoms with Gasteiger partial charge in [-0.3, -0.25) is 14.4 Å². The first-order chi connectivity index (χ1) is 17.1. The Hall–Kier alpha value is -3.52. The van der Waals surface area contributed by atoms with E-state index in [4.69, 9.17) is 10.5 Å². The Bertz CT molecular complexity index is 1150. The number of likely N-dealkylation sites (tertiary alicyclic amines) is 1. The molecular formula is C28H34N4O4. The van der Waals surface area contributed by atoms with Crippen LogP contribution in [-0.2, 0) is 32.1 Å². The number of hydrogen-bond donors (Lipinski definition) is 1. The van der Waals surface area contributed by atoms with Crippen molar-refractivity contribution < 1.29 is 19.1 Å². The Morgan fingerprint density at radius 2 is 1.69 bits per heavy atom. The van der Waals surface area contributed by atoms with Gasteiger partial charge in [0.2, 0.25) is 11.8 Å². The molecule has 0 unspecified atom stereocenters. The van der Waals surface area contributed by atoms with Gasteiger partial charge in [0.25, 0.3) is 5.91 Å². The van der Waals surface area contributed by atoms with Crippen molar-refractivity contribution in [3.63, 3.8) is 0 Å². The predicted molar refractivity (Wildman–Crippen MR) is 137 cm³/mol. The molecule has 1 fully saturated rings. The van der Waals surface area contributed by atoms with Crippen molar-refractivity contribution >= 4 is 23.4 Å². The molecule has 2 aromatic carbocycles. The molecule has 36 heavy (non-hydrogen) atoms. The highest BCUT2D eigenvalue weighted by atomic mass is 16.5.